The highest BCUT2D eigenvalue weighted by atomic mass is 32.1. The van der Waals surface area contributed by atoms with E-state index in [-0.39, 0.29) is 5.54 Å². The summed E-state index contributed by atoms with van der Waals surface area (Å²) in [6, 6.07) is 10.2. The molecule has 2 N–H and O–H groups in total. The number of hydrogen-bond donors (Lipinski definition) is 2. The third kappa shape index (κ3) is 3.43. The molecule has 88 valence electrons. The number of rotatable bonds is 2. The Hall–Kier alpha value is -1.61. The first-order valence-corrected chi connectivity index (χ1v) is 6.01. The van der Waals surface area contributed by atoms with Gasteiger partial charge >= 0.3 is 0 Å². The Morgan fingerprint density at radius 1 is 1.12 bits per heavy atom. The molecule has 0 spiro atoms. The average molecular weight is 244 g/mol. The van der Waals surface area contributed by atoms with Gasteiger partial charge in [-0.15, -0.1) is 0 Å². The molecule has 17 heavy (non-hydrogen) atoms. The Morgan fingerprint density at radius 2 is 1.82 bits per heavy atom. The van der Waals surface area contributed by atoms with Crippen molar-refractivity contribution >= 4 is 23.4 Å². The zero-order chi connectivity index (χ0) is 12.3. The van der Waals surface area contributed by atoms with Gasteiger partial charge in [0.05, 0.1) is 5.54 Å². The lowest BCUT2D eigenvalue weighted by molar-refractivity contribution is 0.555. The van der Waals surface area contributed by atoms with Crippen LogP contribution in [0.15, 0.2) is 48.2 Å². The van der Waals surface area contributed by atoms with E-state index in [9.17, 15) is 0 Å². The Labute approximate surface area is 107 Å². The fourth-order valence-electron chi connectivity index (χ4n) is 1.76. The molecule has 0 saturated heterocycles. The van der Waals surface area contributed by atoms with Crippen molar-refractivity contribution in [3.05, 3.63) is 53.7 Å². The minimum atomic E-state index is -0.0985. The van der Waals surface area contributed by atoms with Crippen LogP contribution in [0.1, 0.15) is 19.4 Å². The molecule has 3 heteroatoms. The highest BCUT2D eigenvalue weighted by molar-refractivity contribution is 7.80. The molecule has 0 radical (unpaired) electrons. The summed E-state index contributed by atoms with van der Waals surface area (Å²) in [6.07, 6.45) is 6.25. The quantitative estimate of drug-likeness (QED) is 0.782. The molecule has 1 aliphatic heterocycles. The first-order chi connectivity index (χ1) is 8.05. The van der Waals surface area contributed by atoms with E-state index in [1.54, 1.807) is 0 Å². The third-order valence-corrected chi connectivity index (χ3v) is 2.67. The fraction of sp³-hybridized carbons (Fsp3) is 0.214. The molecule has 0 atom stereocenters. The standard InChI is InChI=1S/C14H16N2S/c1-14(2)10-12(15-13(17)16-14)9-8-11-6-4-3-5-7-11/h3-10H,1-2H3,(H2,15,16,17)/b9-8-. The van der Waals surface area contributed by atoms with E-state index >= 15 is 0 Å². The fourth-order valence-corrected chi connectivity index (χ4v) is 2.14. The van der Waals surface area contributed by atoms with Gasteiger partial charge in [0.15, 0.2) is 5.11 Å². The van der Waals surface area contributed by atoms with Crippen LogP contribution in [0.4, 0.5) is 0 Å². The van der Waals surface area contributed by atoms with E-state index < -0.39 is 0 Å². The summed E-state index contributed by atoms with van der Waals surface area (Å²) >= 11 is 5.17. The lowest BCUT2D eigenvalue weighted by Gasteiger charge is -2.30. The molecule has 0 unspecified atom stereocenters. The topological polar surface area (TPSA) is 24.1 Å². The van der Waals surface area contributed by atoms with Crippen molar-refractivity contribution in [2.45, 2.75) is 19.4 Å². The van der Waals surface area contributed by atoms with Crippen molar-refractivity contribution in [2.75, 3.05) is 0 Å². The summed E-state index contributed by atoms with van der Waals surface area (Å²) in [7, 11) is 0. The van der Waals surface area contributed by atoms with Crippen LogP contribution in [-0.2, 0) is 0 Å². The third-order valence-electron chi connectivity index (χ3n) is 2.46. The molecule has 0 aliphatic carbocycles. The predicted octanol–water partition coefficient (Wildman–Crippen LogP) is 2.84. The van der Waals surface area contributed by atoms with E-state index in [0.29, 0.717) is 5.11 Å². The maximum Gasteiger partial charge on any atom is 0.171 e. The lowest BCUT2D eigenvalue weighted by Crippen LogP contribution is -2.51. The predicted molar refractivity (Wildman–Crippen MR) is 76.5 cm³/mol. The Morgan fingerprint density at radius 3 is 2.47 bits per heavy atom. The van der Waals surface area contributed by atoms with Crippen molar-refractivity contribution in [2.24, 2.45) is 0 Å². The number of hydrogen-bond acceptors (Lipinski definition) is 1. The molecule has 0 amide bonds. The van der Waals surface area contributed by atoms with Gasteiger partial charge < -0.3 is 10.6 Å². The van der Waals surface area contributed by atoms with Crippen LogP contribution in [-0.4, -0.2) is 10.7 Å². The van der Waals surface area contributed by atoms with Gasteiger partial charge in [-0.3, -0.25) is 0 Å². The van der Waals surface area contributed by atoms with Crippen molar-refractivity contribution in [3.63, 3.8) is 0 Å². The largest absolute Gasteiger partial charge is 0.354 e. The minimum Gasteiger partial charge on any atom is -0.354 e. The van der Waals surface area contributed by atoms with E-state index in [4.69, 9.17) is 12.2 Å². The van der Waals surface area contributed by atoms with Gasteiger partial charge in [0.2, 0.25) is 0 Å². The van der Waals surface area contributed by atoms with Gasteiger partial charge in [-0.2, -0.15) is 0 Å². The second-order valence-electron chi connectivity index (χ2n) is 4.64. The number of nitrogens with one attached hydrogen (secondary N) is 2. The van der Waals surface area contributed by atoms with Gasteiger partial charge in [0.25, 0.3) is 0 Å². The van der Waals surface area contributed by atoms with Crippen molar-refractivity contribution in [1.82, 2.24) is 10.6 Å². The van der Waals surface area contributed by atoms with Gasteiger partial charge in [0, 0.05) is 5.70 Å². The lowest BCUT2D eigenvalue weighted by atomic mass is 10.0. The minimum absolute atomic E-state index is 0.0985. The maximum atomic E-state index is 5.17. The number of allylic oxidation sites excluding steroid dienone is 1. The van der Waals surface area contributed by atoms with Crippen LogP contribution in [0.25, 0.3) is 6.08 Å². The Kier molecular flexibility index (Phi) is 3.29. The van der Waals surface area contributed by atoms with E-state index in [2.05, 4.69) is 48.8 Å². The van der Waals surface area contributed by atoms with Crippen LogP contribution in [0, 0.1) is 0 Å². The first kappa shape index (κ1) is 11.9. The average Bonchev–Trinajstić information content (AvgIpc) is 2.25. The summed E-state index contributed by atoms with van der Waals surface area (Å²) in [5, 5.41) is 7.00. The monoisotopic (exact) mass is 244 g/mol. The van der Waals surface area contributed by atoms with Gasteiger partial charge in [0.1, 0.15) is 0 Å². The molecule has 2 nitrogen and oxygen atoms in total. The molecule has 1 aromatic rings. The normalized spacial score (nSPS) is 18.5. The van der Waals surface area contributed by atoms with Crippen LogP contribution >= 0.6 is 12.2 Å². The zero-order valence-electron chi connectivity index (χ0n) is 10.0. The number of thiocarbonyl (C=S) groups is 1. The maximum absolute atomic E-state index is 5.17. The van der Waals surface area contributed by atoms with Gasteiger partial charge in [-0.05, 0) is 43.8 Å². The molecule has 0 fully saturated rings. The summed E-state index contributed by atoms with van der Waals surface area (Å²) in [5.41, 5.74) is 2.11. The van der Waals surface area contributed by atoms with Crippen molar-refractivity contribution < 1.29 is 0 Å². The summed E-state index contributed by atoms with van der Waals surface area (Å²) in [4.78, 5) is 0. The summed E-state index contributed by atoms with van der Waals surface area (Å²) in [5.74, 6) is 0. The molecule has 0 saturated carbocycles. The highest BCUT2D eigenvalue weighted by Gasteiger charge is 2.20. The Balaban J connectivity index is 2.16. The molecular weight excluding hydrogens is 228 g/mol. The Bertz CT molecular complexity index is 472. The van der Waals surface area contributed by atoms with Gasteiger partial charge in [-0.1, -0.05) is 36.4 Å². The smallest absolute Gasteiger partial charge is 0.171 e. The SMILES string of the molecule is CC1(C)C=C(/C=C\c2ccccc2)NC(=S)N1. The summed E-state index contributed by atoms with van der Waals surface area (Å²) < 4.78 is 0. The van der Waals surface area contributed by atoms with E-state index in [1.807, 2.05) is 24.3 Å². The molecule has 0 bridgehead atoms. The zero-order valence-corrected chi connectivity index (χ0v) is 10.8. The number of benzene rings is 1. The van der Waals surface area contributed by atoms with E-state index in [0.717, 1.165) is 5.70 Å². The highest BCUT2D eigenvalue weighted by Crippen LogP contribution is 2.13. The second-order valence-corrected chi connectivity index (χ2v) is 5.05. The first-order valence-electron chi connectivity index (χ1n) is 5.60. The van der Waals surface area contributed by atoms with Crippen molar-refractivity contribution in [1.29, 1.82) is 0 Å². The summed E-state index contributed by atoms with van der Waals surface area (Å²) in [6.45, 7) is 4.19. The van der Waals surface area contributed by atoms with Crippen LogP contribution in [0.5, 0.6) is 0 Å². The molecule has 2 rings (SSSR count). The van der Waals surface area contributed by atoms with Crippen molar-refractivity contribution in [3.8, 4) is 0 Å². The molecular formula is C14H16N2S. The van der Waals surface area contributed by atoms with Gasteiger partial charge in [-0.25, -0.2) is 0 Å². The van der Waals surface area contributed by atoms with Crippen LogP contribution < -0.4 is 10.6 Å². The van der Waals surface area contributed by atoms with Crippen LogP contribution in [0.3, 0.4) is 0 Å². The molecule has 0 aromatic heterocycles. The van der Waals surface area contributed by atoms with Crippen LogP contribution in [0.2, 0.25) is 0 Å². The molecule has 1 heterocycles. The second kappa shape index (κ2) is 4.72. The molecule has 1 aromatic carbocycles. The molecule has 1 aliphatic rings. The van der Waals surface area contributed by atoms with E-state index in [1.165, 1.54) is 5.56 Å².